The Morgan fingerprint density at radius 2 is 1.83 bits per heavy atom. The Morgan fingerprint density at radius 1 is 1.14 bits per heavy atom. The zero-order chi connectivity index (χ0) is 21.0. The smallest absolute Gasteiger partial charge is 0.257 e. The number of carbonyl (C=O) groups is 2. The Balaban J connectivity index is 1.60. The number of benzene rings is 2. The van der Waals surface area contributed by atoms with Crippen LogP contribution in [-0.2, 0) is 4.79 Å². The van der Waals surface area contributed by atoms with E-state index in [4.69, 9.17) is 4.74 Å². The number of anilines is 1. The highest BCUT2D eigenvalue weighted by molar-refractivity contribution is 5.97. The molecule has 1 aliphatic heterocycles. The molecule has 29 heavy (non-hydrogen) atoms. The third kappa shape index (κ3) is 4.70. The summed E-state index contributed by atoms with van der Waals surface area (Å²) in [4.78, 5) is 27.1. The van der Waals surface area contributed by atoms with Crippen molar-refractivity contribution in [3.63, 3.8) is 0 Å². The second kappa shape index (κ2) is 8.99. The molecule has 1 heterocycles. The largest absolute Gasteiger partial charge is 0.507 e. The van der Waals surface area contributed by atoms with Crippen LogP contribution in [0.1, 0.15) is 48.5 Å². The summed E-state index contributed by atoms with van der Waals surface area (Å²) in [6.07, 6.45) is 1.16. The van der Waals surface area contributed by atoms with Crippen molar-refractivity contribution in [2.24, 2.45) is 5.92 Å². The van der Waals surface area contributed by atoms with Gasteiger partial charge in [-0.2, -0.15) is 0 Å². The van der Waals surface area contributed by atoms with Gasteiger partial charge in [-0.15, -0.1) is 0 Å². The van der Waals surface area contributed by atoms with Crippen LogP contribution in [0.3, 0.4) is 0 Å². The van der Waals surface area contributed by atoms with E-state index in [9.17, 15) is 14.7 Å². The number of likely N-dealkylation sites (tertiary alicyclic amines) is 1. The number of hydrogen-bond acceptors (Lipinski definition) is 4. The van der Waals surface area contributed by atoms with Crippen molar-refractivity contribution in [2.75, 3.05) is 25.5 Å². The maximum atomic E-state index is 12.8. The zero-order valence-corrected chi connectivity index (χ0v) is 17.1. The number of phenolic OH excluding ortho intramolecular Hbond substituents is 1. The molecule has 0 unspecified atom stereocenters. The summed E-state index contributed by atoms with van der Waals surface area (Å²) < 4.78 is 5.27. The molecule has 0 radical (unpaired) electrons. The topological polar surface area (TPSA) is 78.9 Å². The van der Waals surface area contributed by atoms with E-state index in [0.29, 0.717) is 42.9 Å². The average molecular weight is 396 g/mol. The first kappa shape index (κ1) is 20.7. The van der Waals surface area contributed by atoms with Crippen molar-refractivity contribution in [1.29, 1.82) is 0 Å². The van der Waals surface area contributed by atoms with Crippen molar-refractivity contribution in [3.8, 4) is 11.5 Å². The molecule has 0 saturated carbocycles. The molecule has 6 nitrogen and oxygen atoms in total. The standard InChI is InChI=1S/C23H28N2O4/c1-15(2)17-8-9-18(20(26)14-17)23(28)25-12-10-16(11-13-25)22(27)24-19-6-4-5-7-21(19)29-3/h4-9,14-16,26H,10-13H2,1-3H3,(H,24,27). The van der Waals surface area contributed by atoms with Gasteiger partial charge in [0.2, 0.25) is 5.91 Å². The van der Waals surface area contributed by atoms with E-state index in [1.165, 1.54) is 0 Å². The van der Waals surface area contributed by atoms with Crippen LogP contribution in [0.2, 0.25) is 0 Å². The molecule has 2 amide bonds. The van der Waals surface area contributed by atoms with Gasteiger partial charge in [-0.25, -0.2) is 0 Å². The van der Waals surface area contributed by atoms with Gasteiger partial charge in [0.15, 0.2) is 0 Å². The molecule has 2 N–H and O–H groups in total. The van der Waals surface area contributed by atoms with Crippen molar-refractivity contribution >= 4 is 17.5 Å². The molecule has 0 spiro atoms. The van der Waals surface area contributed by atoms with E-state index in [1.54, 1.807) is 36.3 Å². The van der Waals surface area contributed by atoms with Crippen molar-refractivity contribution in [2.45, 2.75) is 32.6 Å². The molecular formula is C23H28N2O4. The van der Waals surface area contributed by atoms with E-state index in [-0.39, 0.29) is 29.4 Å². The van der Waals surface area contributed by atoms with Gasteiger partial charge < -0.3 is 20.1 Å². The van der Waals surface area contributed by atoms with Gasteiger partial charge in [-0.05, 0) is 48.6 Å². The summed E-state index contributed by atoms with van der Waals surface area (Å²) in [5, 5.41) is 13.2. The summed E-state index contributed by atoms with van der Waals surface area (Å²) >= 11 is 0. The normalized spacial score (nSPS) is 14.7. The first-order valence-electron chi connectivity index (χ1n) is 9.96. The predicted molar refractivity (Wildman–Crippen MR) is 112 cm³/mol. The third-order valence-electron chi connectivity index (χ3n) is 5.44. The quantitative estimate of drug-likeness (QED) is 0.800. The number of aromatic hydroxyl groups is 1. The van der Waals surface area contributed by atoms with E-state index >= 15 is 0 Å². The number of methoxy groups -OCH3 is 1. The highest BCUT2D eigenvalue weighted by Crippen LogP contribution is 2.28. The molecule has 1 saturated heterocycles. The number of amides is 2. The van der Waals surface area contributed by atoms with E-state index < -0.39 is 0 Å². The molecule has 154 valence electrons. The van der Waals surface area contributed by atoms with E-state index in [0.717, 1.165) is 5.56 Å². The van der Waals surface area contributed by atoms with Crippen LogP contribution in [0.15, 0.2) is 42.5 Å². The lowest BCUT2D eigenvalue weighted by Gasteiger charge is -2.31. The SMILES string of the molecule is COc1ccccc1NC(=O)C1CCN(C(=O)c2ccc(C(C)C)cc2O)CC1. The molecule has 0 atom stereocenters. The monoisotopic (exact) mass is 396 g/mol. The van der Waals surface area contributed by atoms with Gasteiger partial charge in [0.05, 0.1) is 18.4 Å². The van der Waals surface area contributed by atoms with Crippen molar-refractivity contribution in [3.05, 3.63) is 53.6 Å². The summed E-state index contributed by atoms with van der Waals surface area (Å²) in [5.74, 6) is 0.488. The maximum absolute atomic E-state index is 12.8. The Kier molecular flexibility index (Phi) is 6.42. The highest BCUT2D eigenvalue weighted by atomic mass is 16.5. The van der Waals surface area contributed by atoms with Crippen molar-refractivity contribution in [1.82, 2.24) is 4.90 Å². The molecule has 1 aliphatic rings. The minimum atomic E-state index is -0.193. The lowest BCUT2D eigenvalue weighted by molar-refractivity contribution is -0.121. The minimum absolute atomic E-state index is 0.0113. The van der Waals surface area contributed by atoms with Crippen LogP contribution in [0.5, 0.6) is 11.5 Å². The average Bonchev–Trinajstić information content (AvgIpc) is 2.73. The summed E-state index contributed by atoms with van der Waals surface area (Å²) in [7, 11) is 1.57. The maximum Gasteiger partial charge on any atom is 0.257 e. The number of para-hydroxylation sites is 2. The molecule has 2 aromatic carbocycles. The van der Waals surface area contributed by atoms with Gasteiger partial charge in [-0.3, -0.25) is 9.59 Å². The Hall–Kier alpha value is -3.02. The molecule has 3 rings (SSSR count). The number of phenols is 1. The number of hydrogen-bond donors (Lipinski definition) is 2. The van der Waals surface area contributed by atoms with Crippen LogP contribution in [0, 0.1) is 5.92 Å². The lowest BCUT2D eigenvalue weighted by Crippen LogP contribution is -2.41. The lowest BCUT2D eigenvalue weighted by atomic mass is 9.94. The number of nitrogens with one attached hydrogen (secondary N) is 1. The van der Waals surface area contributed by atoms with Crippen LogP contribution in [0.25, 0.3) is 0 Å². The molecule has 6 heteroatoms. The van der Waals surface area contributed by atoms with E-state index in [1.807, 2.05) is 32.0 Å². The first-order valence-corrected chi connectivity index (χ1v) is 9.96. The molecule has 2 aromatic rings. The van der Waals surface area contributed by atoms with Gasteiger partial charge in [-0.1, -0.05) is 32.0 Å². The summed E-state index contributed by atoms with van der Waals surface area (Å²) in [6, 6.07) is 12.5. The fourth-order valence-electron chi connectivity index (χ4n) is 3.59. The van der Waals surface area contributed by atoms with Crippen LogP contribution in [0.4, 0.5) is 5.69 Å². The van der Waals surface area contributed by atoms with E-state index in [2.05, 4.69) is 5.32 Å². The van der Waals surface area contributed by atoms with Crippen LogP contribution in [-0.4, -0.2) is 42.0 Å². The number of nitrogens with zero attached hydrogens (tertiary/aromatic N) is 1. The van der Waals surface area contributed by atoms with Gasteiger partial charge >= 0.3 is 0 Å². The fraction of sp³-hybridized carbons (Fsp3) is 0.391. The number of carbonyl (C=O) groups excluding carboxylic acids is 2. The Bertz CT molecular complexity index is 886. The number of rotatable bonds is 5. The van der Waals surface area contributed by atoms with Gasteiger partial charge in [0, 0.05) is 19.0 Å². The second-order valence-corrected chi connectivity index (χ2v) is 7.69. The summed E-state index contributed by atoms with van der Waals surface area (Å²) in [6.45, 7) is 5.04. The zero-order valence-electron chi connectivity index (χ0n) is 17.1. The van der Waals surface area contributed by atoms with Crippen LogP contribution >= 0.6 is 0 Å². The molecule has 1 fully saturated rings. The van der Waals surface area contributed by atoms with Gasteiger partial charge in [0.25, 0.3) is 5.91 Å². The Morgan fingerprint density at radius 3 is 2.45 bits per heavy atom. The molecule has 0 bridgehead atoms. The number of ether oxygens (including phenoxy) is 1. The first-order chi connectivity index (χ1) is 13.9. The molecule has 0 aromatic heterocycles. The number of piperidine rings is 1. The third-order valence-corrected chi connectivity index (χ3v) is 5.44. The second-order valence-electron chi connectivity index (χ2n) is 7.69. The van der Waals surface area contributed by atoms with Crippen LogP contribution < -0.4 is 10.1 Å². The predicted octanol–water partition coefficient (Wildman–Crippen LogP) is 4.02. The molecule has 0 aliphatic carbocycles. The minimum Gasteiger partial charge on any atom is -0.507 e. The highest BCUT2D eigenvalue weighted by Gasteiger charge is 2.29. The van der Waals surface area contributed by atoms with Gasteiger partial charge in [0.1, 0.15) is 11.5 Å². The van der Waals surface area contributed by atoms with Crippen molar-refractivity contribution < 1.29 is 19.4 Å². The Labute approximate surface area is 171 Å². The fourth-order valence-corrected chi connectivity index (χ4v) is 3.59. The summed E-state index contributed by atoms with van der Waals surface area (Å²) in [5.41, 5.74) is 1.95. The molecular weight excluding hydrogens is 368 g/mol.